The summed E-state index contributed by atoms with van der Waals surface area (Å²) in [6, 6.07) is 9.36. The van der Waals surface area contributed by atoms with E-state index in [0.717, 1.165) is 5.56 Å². The zero-order chi connectivity index (χ0) is 21.4. The Balaban J connectivity index is 2.12. The van der Waals surface area contributed by atoms with Gasteiger partial charge in [-0.25, -0.2) is 0 Å². The third kappa shape index (κ3) is 4.19. The Kier molecular flexibility index (Phi) is 5.55. The molecule has 0 aromatic heterocycles. The Labute approximate surface area is 167 Å². The lowest BCUT2D eigenvalue weighted by Crippen LogP contribution is -2.44. The van der Waals surface area contributed by atoms with E-state index in [0.29, 0.717) is 29.0 Å². The first-order chi connectivity index (χ1) is 13.5. The van der Waals surface area contributed by atoms with E-state index < -0.39 is 17.6 Å². The molecule has 0 amide bonds. The summed E-state index contributed by atoms with van der Waals surface area (Å²) in [7, 11) is 3.10. The summed E-state index contributed by atoms with van der Waals surface area (Å²) >= 11 is 0. The van der Waals surface area contributed by atoms with Gasteiger partial charge >= 0.3 is 6.36 Å². The summed E-state index contributed by atoms with van der Waals surface area (Å²) < 4.78 is 52.7. The number of nitrogens with one attached hydrogen (secondary N) is 1. The first-order valence-corrected chi connectivity index (χ1v) is 9.06. The second-order valence-electron chi connectivity index (χ2n) is 7.46. The van der Waals surface area contributed by atoms with Gasteiger partial charge in [0.15, 0.2) is 0 Å². The molecule has 1 aliphatic heterocycles. The topological polar surface area (TPSA) is 60.0 Å². The van der Waals surface area contributed by atoms with E-state index in [1.54, 1.807) is 19.2 Å². The molecule has 1 aliphatic rings. The molecule has 3 rings (SSSR count). The summed E-state index contributed by atoms with van der Waals surface area (Å²) in [5.74, 6) is 0.136. The molecule has 158 valence electrons. The Hall–Kier alpha value is -2.29. The molecular weight excluding hydrogens is 387 g/mol. The first kappa shape index (κ1) is 21.4. The second-order valence-corrected chi connectivity index (χ2v) is 7.46. The van der Waals surface area contributed by atoms with Crippen LogP contribution in [0.25, 0.3) is 0 Å². The number of fused-ring (bicyclic) bond motifs is 1. The molecule has 29 heavy (non-hydrogen) atoms. The minimum absolute atomic E-state index is 0.173. The average molecular weight is 411 g/mol. The third-order valence-corrected chi connectivity index (χ3v) is 5.30. The van der Waals surface area contributed by atoms with Gasteiger partial charge in [0, 0.05) is 25.8 Å². The van der Waals surface area contributed by atoms with Crippen molar-refractivity contribution >= 4 is 0 Å². The van der Waals surface area contributed by atoms with E-state index in [1.165, 1.54) is 25.3 Å². The van der Waals surface area contributed by atoms with Crippen molar-refractivity contribution in [3.8, 4) is 11.5 Å². The predicted molar refractivity (Wildman–Crippen MR) is 101 cm³/mol. The van der Waals surface area contributed by atoms with Crippen LogP contribution >= 0.6 is 0 Å². The minimum atomic E-state index is -4.78. The van der Waals surface area contributed by atoms with Gasteiger partial charge in [-0.2, -0.15) is 0 Å². The normalized spacial score (nSPS) is 19.6. The number of ether oxygens (including phenoxy) is 3. The van der Waals surface area contributed by atoms with Gasteiger partial charge < -0.3 is 24.6 Å². The van der Waals surface area contributed by atoms with Gasteiger partial charge in [-0.15, -0.1) is 13.2 Å². The van der Waals surface area contributed by atoms with Gasteiger partial charge in [-0.05, 0) is 54.8 Å². The molecule has 0 saturated heterocycles. The maximum atomic E-state index is 12.6. The Morgan fingerprint density at radius 2 is 1.76 bits per heavy atom. The maximum absolute atomic E-state index is 12.6. The van der Waals surface area contributed by atoms with Crippen molar-refractivity contribution in [2.45, 2.75) is 38.0 Å². The molecule has 2 aromatic carbocycles. The largest absolute Gasteiger partial charge is 0.573 e. The predicted octanol–water partition coefficient (Wildman–Crippen LogP) is 3.81. The first-order valence-electron chi connectivity index (χ1n) is 9.06. The van der Waals surface area contributed by atoms with Gasteiger partial charge in [0.1, 0.15) is 17.1 Å². The third-order valence-electron chi connectivity index (χ3n) is 5.30. The van der Waals surface area contributed by atoms with Crippen LogP contribution in [0.3, 0.4) is 0 Å². The molecule has 0 bridgehead atoms. The molecule has 2 aromatic rings. The van der Waals surface area contributed by atoms with Crippen LogP contribution in [0, 0.1) is 0 Å². The van der Waals surface area contributed by atoms with Crippen molar-refractivity contribution in [1.29, 1.82) is 0 Å². The van der Waals surface area contributed by atoms with Crippen LogP contribution in [0.15, 0.2) is 36.4 Å². The molecule has 1 unspecified atom stereocenters. The highest BCUT2D eigenvalue weighted by atomic mass is 19.4. The van der Waals surface area contributed by atoms with E-state index in [9.17, 15) is 18.3 Å². The van der Waals surface area contributed by atoms with Crippen molar-refractivity contribution < 1.29 is 32.5 Å². The van der Waals surface area contributed by atoms with Crippen LogP contribution in [0.5, 0.6) is 11.5 Å². The lowest BCUT2D eigenvalue weighted by Gasteiger charge is -2.37. The zero-order valence-corrected chi connectivity index (χ0v) is 16.7. The van der Waals surface area contributed by atoms with E-state index in [2.05, 4.69) is 10.1 Å². The monoisotopic (exact) mass is 411 g/mol. The number of rotatable bonds is 5. The Morgan fingerprint density at radius 1 is 1.03 bits per heavy atom. The Bertz CT molecular complexity index is 898. The van der Waals surface area contributed by atoms with Crippen LogP contribution < -0.4 is 14.8 Å². The fourth-order valence-electron chi connectivity index (χ4n) is 3.55. The highest BCUT2D eigenvalue weighted by Crippen LogP contribution is 2.42. The lowest BCUT2D eigenvalue weighted by atomic mass is 9.79. The van der Waals surface area contributed by atoms with E-state index in [-0.39, 0.29) is 12.3 Å². The molecule has 2 N–H and O–H groups in total. The molecule has 0 fully saturated rings. The number of methoxy groups -OCH3 is 2. The van der Waals surface area contributed by atoms with Gasteiger partial charge in [0.05, 0.1) is 12.7 Å². The number of aliphatic hydroxyl groups is 1. The number of hydrogen-bond donors (Lipinski definition) is 2. The summed E-state index contributed by atoms with van der Waals surface area (Å²) in [6.45, 7) is 4.28. The zero-order valence-electron chi connectivity index (χ0n) is 16.7. The van der Waals surface area contributed by atoms with E-state index >= 15 is 0 Å². The molecule has 0 spiro atoms. The van der Waals surface area contributed by atoms with Crippen molar-refractivity contribution in [2.75, 3.05) is 20.8 Å². The summed E-state index contributed by atoms with van der Waals surface area (Å²) in [4.78, 5) is 0. The maximum Gasteiger partial charge on any atom is 0.573 e. The van der Waals surface area contributed by atoms with Crippen LogP contribution in [0.4, 0.5) is 13.2 Å². The van der Waals surface area contributed by atoms with Crippen LogP contribution in [0.2, 0.25) is 0 Å². The van der Waals surface area contributed by atoms with Crippen molar-refractivity contribution in [2.24, 2.45) is 0 Å². The van der Waals surface area contributed by atoms with E-state index in [4.69, 9.17) is 9.47 Å². The Morgan fingerprint density at radius 3 is 2.38 bits per heavy atom. The number of hydrogen-bond acceptors (Lipinski definition) is 5. The van der Waals surface area contributed by atoms with E-state index in [1.807, 2.05) is 19.9 Å². The van der Waals surface area contributed by atoms with Crippen LogP contribution in [-0.4, -0.2) is 32.2 Å². The molecule has 1 heterocycles. The average Bonchev–Trinajstić information content (AvgIpc) is 2.66. The smallest absolute Gasteiger partial charge is 0.496 e. The molecule has 0 saturated carbocycles. The molecule has 5 nitrogen and oxygen atoms in total. The highest BCUT2D eigenvalue weighted by molar-refractivity contribution is 5.52. The van der Waals surface area contributed by atoms with Gasteiger partial charge in [-0.1, -0.05) is 12.1 Å². The molecule has 8 heteroatoms. The number of β-amino-alcohol motifs (C(OH)–C–C–N with tert-alkyl or cyclic N) is 1. The van der Waals surface area contributed by atoms with Crippen LogP contribution in [-0.2, 0) is 22.5 Å². The van der Waals surface area contributed by atoms with Crippen molar-refractivity contribution in [3.05, 3.63) is 58.7 Å². The van der Waals surface area contributed by atoms with Crippen molar-refractivity contribution in [3.63, 3.8) is 0 Å². The van der Waals surface area contributed by atoms with Gasteiger partial charge in [-0.3, -0.25) is 0 Å². The highest BCUT2D eigenvalue weighted by Gasteiger charge is 2.40. The van der Waals surface area contributed by atoms with Gasteiger partial charge in [0.2, 0.25) is 0 Å². The summed E-state index contributed by atoms with van der Waals surface area (Å²) in [6.07, 6.45) is -4.78. The number of benzene rings is 2. The fraction of sp³-hybridized carbons (Fsp3) is 0.429. The number of alkyl halides is 3. The van der Waals surface area contributed by atoms with Crippen LogP contribution in [0.1, 0.15) is 36.1 Å². The van der Waals surface area contributed by atoms with Gasteiger partial charge in [0.25, 0.3) is 0 Å². The fourth-order valence-corrected chi connectivity index (χ4v) is 3.55. The summed E-state index contributed by atoms with van der Waals surface area (Å²) in [5.41, 5.74) is 0.228. The minimum Gasteiger partial charge on any atom is -0.496 e. The SMILES string of the molecule is COc1ccc(C(C)(C)OC)cc1C1(O)CNCc2cc(OC(F)(F)F)ccc21. The van der Waals surface area contributed by atoms with Crippen molar-refractivity contribution in [1.82, 2.24) is 5.32 Å². The summed E-state index contributed by atoms with van der Waals surface area (Å²) in [5, 5.41) is 14.7. The standard InChI is InChI=1S/C21H24F3NO4/c1-19(2,28-4)14-5-8-18(27-3)17(10-14)20(26)12-25-11-13-9-15(6-7-16(13)20)29-21(22,23)24/h5-10,25-26H,11-12H2,1-4H3. The molecular formula is C21H24F3NO4. The second kappa shape index (κ2) is 7.51. The molecule has 0 aliphatic carbocycles. The molecule has 0 radical (unpaired) electrons. The lowest BCUT2D eigenvalue weighted by molar-refractivity contribution is -0.274. The molecule has 1 atom stereocenters. The number of halogens is 3. The quantitative estimate of drug-likeness (QED) is 0.784.